The molecule has 1 aromatic rings. The van der Waals surface area contributed by atoms with E-state index in [0.717, 1.165) is 25.1 Å². The van der Waals surface area contributed by atoms with Gasteiger partial charge in [0.1, 0.15) is 6.61 Å². The zero-order valence-corrected chi connectivity index (χ0v) is 11.7. The van der Waals surface area contributed by atoms with Gasteiger partial charge in [-0.3, -0.25) is 4.79 Å². The lowest BCUT2D eigenvalue weighted by atomic mass is 10.1. The molecule has 0 saturated heterocycles. The quantitative estimate of drug-likeness (QED) is 0.802. The number of hydrogen-bond donors (Lipinski definition) is 2. The first kappa shape index (κ1) is 13.7. The fourth-order valence-corrected chi connectivity index (χ4v) is 2.16. The fraction of sp³-hybridized carbons (Fsp3) is 0.533. The first-order valence-electron chi connectivity index (χ1n) is 6.96. The third-order valence-electron chi connectivity index (χ3n) is 3.17. The average Bonchev–Trinajstić information content (AvgIpc) is 2.42. The van der Waals surface area contributed by atoms with Crippen molar-refractivity contribution in [1.29, 1.82) is 0 Å². The molecule has 0 bridgehead atoms. The van der Waals surface area contributed by atoms with Crippen LogP contribution >= 0.6 is 0 Å². The van der Waals surface area contributed by atoms with Gasteiger partial charge in [-0.2, -0.15) is 0 Å². The third-order valence-corrected chi connectivity index (χ3v) is 3.17. The van der Waals surface area contributed by atoms with Crippen molar-refractivity contribution in [3.8, 4) is 5.75 Å². The van der Waals surface area contributed by atoms with E-state index in [1.165, 1.54) is 0 Å². The Bertz CT molecular complexity index is 444. The zero-order chi connectivity index (χ0) is 13.7. The summed E-state index contributed by atoms with van der Waals surface area (Å²) in [5.41, 5.74) is 1.52. The van der Waals surface area contributed by atoms with E-state index in [9.17, 15) is 4.79 Å². The van der Waals surface area contributed by atoms with Crippen LogP contribution in [-0.2, 0) is 0 Å². The van der Waals surface area contributed by atoms with Crippen LogP contribution in [0.25, 0.3) is 0 Å². The highest BCUT2D eigenvalue weighted by Crippen LogP contribution is 2.30. The second-order valence-electron chi connectivity index (χ2n) is 5.25. The molecule has 0 atom stereocenters. The van der Waals surface area contributed by atoms with Crippen molar-refractivity contribution in [2.45, 2.75) is 26.7 Å². The van der Waals surface area contributed by atoms with E-state index < -0.39 is 0 Å². The van der Waals surface area contributed by atoms with Crippen molar-refractivity contribution in [2.24, 2.45) is 5.92 Å². The van der Waals surface area contributed by atoms with E-state index in [1.807, 2.05) is 18.2 Å². The van der Waals surface area contributed by atoms with E-state index in [1.54, 1.807) is 0 Å². The molecule has 19 heavy (non-hydrogen) atoms. The lowest BCUT2D eigenvalue weighted by Gasteiger charge is -2.21. The van der Waals surface area contributed by atoms with Gasteiger partial charge in [-0.15, -0.1) is 0 Å². The molecule has 1 aliphatic heterocycles. The second kappa shape index (κ2) is 6.45. The van der Waals surface area contributed by atoms with Gasteiger partial charge < -0.3 is 15.4 Å². The molecule has 2 N–H and O–H groups in total. The topological polar surface area (TPSA) is 50.4 Å². The van der Waals surface area contributed by atoms with Gasteiger partial charge in [0, 0.05) is 13.1 Å². The van der Waals surface area contributed by atoms with Gasteiger partial charge in [0.2, 0.25) is 0 Å². The number of nitrogens with one attached hydrogen (secondary N) is 2. The first-order valence-corrected chi connectivity index (χ1v) is 6.96. The maximum atomic E-state index is 12.1. The molecule has 4 nitrogen and oxygen atoms in total. The maximum absolute atomic E-state index is 12.1. The lowest BCUT2D eigenvalue weighted by molar-refractivity contribution is 0.0948. The largest absolute Gasteiger partial charge is 0.489 e. The number of carbonyl (C=O) groups excluding carboxylic acids is 1. The average molecular weight is 262 g/mol. The van der Waals surface area contributed by atoms with Crippen LogP contribution in [0.5, 0.6) is 5.75 Å². The maximum Gasteiger partial charge on any atom is 0.255 e. The summed E-state index contributed by atoms with van der Waals surface area (Å²) in [7, 11) is 0. The third kappa shape index (κ3) is 3.63. The number of ether oxygens (including phenoxy) is 1. The fourth-order valence-electron chi connectivity index (χ4n) is 2.16. The number of fused-ring (bicyclic) bond motifs is 1. The SMILES string of the molecule is CC(C)CCCNC(=O)c1cccc2c1OCCN2. The summed E-state index contributed by atoms with van der Waals surface area (Å²) in [5.74, 6) is 1.30. The minimum Gasteiger partial charge on any atom is -0.489 e. The van der Waals surface area contributed by atoms with Crippen LogP contribution in [0.3, 0.4) is 0 Å². The molecule has 1 heterocycles. The molecule has 0 aromatic heterocycles. The van der Waals surface area contributed by atoms with Crippen molar-refractivity contribution >= 4 is 11.6 Å². The summed E-state index contributed by atoms with van der Waals surface area (Å²) < 4.78 is 5.60. The molecule has 1 aliphatic rings. The highest BCUT2D eigenvalue weighted by atomic mass is 16.5. The number of para-hydroxylation sites is 1. The predicted octanol–water partition coefficient (Wildman–Crippen LogP) is 2.66. The molecule has 0 aliphatic carbocycles. The van der Waals surface area contributed by atoms with Crippen LogP contribution in [0.1, 0.15) is 37.0 Å². The highest BCUT2D eigenvalue weighted by molar-refractivity contribution is 5.98. The van der Waals surface area contributed by atoms with Crippen molar-refractivity contribution in [2.75, 3.05) is 25.0 Å². The van der Waals surface area contributed by atoms with E-state index in [-0.39, 0.29) is 5.91 Å². The Morgan fingerprint density at radius 3 is 3.11 bits per heavy atom. The Morgan fingerprint density at radius 2 is 2.32 bits per heavy atom. The molecule has 0 spiro atoms. The molecule has 0 saturated carbocycles. The standard InChI is InChI=1S/C15H22N2O2/c1-11(2)5-4-8-17-15(18)12-6-3-7-13-14(12)19-10-9-16-13/h3,6-7,11,16H,4-5,8-10H2,1-2H3,(H,17,18). The van der Waals surface area contributed by atoms with Crippen LogP contribution in [-0.4, -0.2) is 25.6 Å². The number of anilines is 1. The number of benzene rings is 1. The Morgan fingerprint density at radius 1 is 1.47 bits per heavy atom. The smallest absolute Gasteiger partial charge is 0.255 e. The first-order chi connectivity index (χ1) is 9.18. The number of rotatable bonds is 5. The highest BCUT2D eigenvalue weighted by Gasteiger charge is 2.18. The van der Waals surface area contributed by atoms with Crippen molar-refractivity contribution < 1.29 is 9.53 Å². The van der Waals surface area contributed by atoms with Crippen LogP contribution in [0.4, 0.5) is 5.69 Å². The summed E-state index contributed by atoms with van der Waals surface area (Å²) in [6.07, 6.45) is 2.14. The summed E-state index contributed by atoms with van der Waals surface area (Å²) in [5, 5.41) is 6.19. The Balaban J connectivity index is 1.95. The van der Waals surface area contributed by atoms with Crippen molar-refractivity contribution in [3.05, 3.63) is 23.8 Å². The Labute approximate surface area is 114 Å². The molecular weight excluding hydrogens is 240 g/mol. The van der Waals surface area contributed by atoms with Crippen LogP contribution in [0.2, 0.25) is 0 Å². The molecular formula is C15H22N2O2. The molecule has 4 heteroatoms. The van der Waals surface area contributed by atoms with Gasteiger partial charge in [0.05, 0.1) is 11.3 Å². The normalized spacial score (nSPS) is 13.4. The summed E-state index contributed by atoms with van der Waals surface area (Å²) in [6.45, 7) is 6.48. The Kier molecular flexibility index (Phi) is 4.66. The number of amides is 1. The van der Waals surface area contributed by atoms with Gasteiger partial charge in [-0.25, -0.2) is 0 Å². The molecule has 104 valence electrons. The van der Waals surface area contributed by atoms with Gasteiger partial charge in [-0.05, 0) is 30.9 Å². The Hall–Kier alpha value is -1.71. The molecule has 0 fully saturated rings. The van der Waals surface area contributed by atoms with Gasteiger partial charge in [0.15, 0.2) is 5.75 Å². The molecule has 0 radical (unpaired) electrons. The van der Waals surface area contributed by atoms with Crippen LogP contribution < -0.4 is 15.4 Å². The molecule has 1 aromatic carbocycles. The summed E-state index contributed by atoms with van der Waals surface area (Å²) in [4.78, 5) is 12.1. The van der Waals surface area contributed by atoms with E-state index in [2.05, 4.69) is 24.5 Å². The van der Waals surface area contributed by atoms with E-state index in [4.69, 9.17) is 4.74 Å². The summed E-state index contributed by atoms with van der Waals surface area (Å²) in [6, 6.07) is 5.62. The van der Waals surface area contributed by atoms with Crippen LogP contribution in [0, 0.1) is 5.92 Å². The van der Waals surface area contributed by atoms with Crippen molar-refractivity contribution in [1.82, 2.24) is 5.32 Å². The monoisotopic (exact) mass is 262 g/mol. The molecule has 0 unspecified atom stereocenters. The summed E-state index contributed by atoms with van der Waals surface area (Å²) >= 11 is 0. The van der Waals surface area contributed by atoms with Crippen molar-refractivity contribution in [3.63, 3.8) is 0 Å². The van der Waals surface area contributed by atoms with E-state index >= 15 is 0 Å². The second-order valence-corrected chi connectivity index (χ2v) is 5.25. The van der Waals surface area contributed by atoms with Gasteiger partial charge in [-0.1, -0.05) is 19.9 Å². The minimum atomic E-state index is -0.0516. The minimum absolute atomic E-state index is 0.0516. The number of hydrogen-bond acceptors (Lipinski definition) is 3. The molecule has 2 rings (SSSR count). The van der Waals surface area contributed by atoms with Gasteiger partial charge in [0.25, 0.3) is 5.91 Å². The van der Waals surface area contributed by atoms with Gasteiger partial charge >= 0.3 is 0 Å². The lowest BCUT2D eigenvalue weighted by Crippen LogP contribution is -2.27. The van der Waals surface area contributed by atoms with E-state index in [0.29, 0.717) is 30.4 Å². The molecule has 1 amide bonds. The zero-order valence-electron chi connectivity index (χ0n) is 11.7. The predicted molar refractivity (Wildman–Crippen MR) is 76.8 cm³/mol. The number of carbonyl (C=O) groups is 1. The van der Waals surface area contributed by atoms with Crippen LogP contribution in [0.15, 0.2) is 18.2 Å².